The molecule has 1 saturated carbocycles. The lowest BCUT2D eigenvalue weighted by atomic mass is 9.97. The first-order chi connectivity index (χ1) is 8.72. The van der Waals surface area contributed by atoms with Gasteiger partial charge in [-0.2, -0.15) is 0 Å². The predicted octanol–water partition coefficient (Wildman–Crippen LogP) is 1.96. The summed E-state index contributed by atoms with van der Waals surface area (Å²) in [6, 6.07) is 0. The van der Waals surface area contributed by atoms with Crippen molar-refractivity contribution in [2.45, 2.75) is 64.6 Å². The summed E-state index contributed by atoms with van der Waals surface area (Å²) in [5.41, 5.74) is 0. The van der Waals surface area contributed by atoms with Crippen LogP contribution in [0.15, 0.2) is 0 Å². The lowest BCUT2D eigenvalue weighted by Crippen LogP contribution is -2.43. The average Bonchev–Trinajstić information content (AvgIpc) is 2.42. The van der Waals surface area contributed by atoms with Gasteiger partial charge in [0.25, 0.3) is 5.91 Å². The maximum Gasteiger partial charge on any atom is 0.251 e. The molecule has 18 heavy (non-hydrogen) atoms. The van der Waals surface area contributed by atoms with Crippen LogP contribution in [-0.4, -0.2) is 47.8 Å². The number of carbonyl (C=O) groups is 1. The van der Waals surface area contributed by atoms with E-state index in [4.69, 9.17) is 9.84 Å². The van der Waals surface area contributed by atoms with E-state index in [-0.39, 0.29) is 24.7 Å². The normalized spacial score (nSPS) is 18.6. The topological polar surface area (TPSA) is 49.8 Å². The van der Waals surface area contributed by atoms with Gasteiger partial charge in [-0.1, -0.05) is 26.2 Å². The highest BCUT2D eigenvalue weighted by Crippen LogP contribution is 2.22. The summed E-state index contributed by atoms with van der Waals surface area (Å²) >= 11 is 0. The van der Waals surface area contributed by atoms with Crippen molar-refractivity contribution in [2.24, 2.45) is 0 Å². The molecule has 1 aliphatic rings. The molecular formula is C14H27NO3. The Morgan fingerprint density at radius 1 is 1.33 bits per heavy atom. The molecule has 1 aliphatic carbocycles. The van der Waals surface area contributed by atoms with Crippen molar-refractivity contribution in [1.29, 1.82) is 0 Å². The molecular weight excluding hydrogens is 230 g/mol. The van der Waals surface area contributed by atoms with Crippen LogP contribution in [0.25, 0.3) is 0 Å². The SMILES string of the molecule is CCC(OC1CCCCC1)C(=O)N(CC)CCO. The van der Waals surface area contributed by atoms with E-state index in [9.17, 15) is 4.79 Å². The molecule has 1 amide bonds. The molecule has 0 aromatic carbocycles. The van der Waals surface area contributed by atoms with Crippen LogP contribution in [0.5, 0.6) is 0 Å². The zero-order valence-electron chi connectivity index (χ0n) is 11.7. The molecule has 0 heterocycles. The first-order valence-corrected chi connectivity index (χ1v) is 7.28. The van der Waals surface area contributed by atoms with E-state index in [0.717, 1.165) is 12.8 Å². The number of likely N-dealkylation sites (N-methyl/N-ethyl adjacent to an activating group) is 1. The highest BCUT2D eigenvalue weighted by Gasteiger charge is 2.26. The quantitative estimate of drug-likeness (QED) is 0.758. The monoisotopic (exact) mass is 257 g/mol. The maximum atomic E-state index is 12.3. The Hall–Kier alpha value is -0.610. The number of amides is 1. The molecule has 0 spiro atoms. The largest absolute Gasteiger partial charge is 0.395 e. The summed E-state index contributed by atoms with van der Waals surface area (Å²) in [4.78, 5) is 13.9. The van der Waals surface area contributed by atoms with Crippen LogP contribution in [0.2, 0.25) is 0 Å². The summed E-state index contributed by atoms with van der Waals surface area (Å²) in [5, 5.41) is 8.96. The molecule has 1 N–H and O–H groups in total. The molecule has 1 atom stereocenters. The molecule has 4 heteroatoms. The van der Waals surface area contributed by atoms with Crippen LogP contribution < -0.4 is 0 Å². The van der Waals surface area contributed by atoms with Gasteiger partial charge in [0.1, 0.15) is 6.10 Å². The first kappa shape index (κ1) is 15.4. The van der Waals surface area contributed by atoms with Crippen molar-refractivity contribution < 1.29 is 14.6 Å². The third kappa shape index (κ3) is 4.58. The van der Waals surface area contributed by atoms with Gasteiger partial charge in [-0.25, -0.2) is 0 Å². The van der Waals surface area contributed by atoms with Gasteiger partial charge in [0, 0.05) is 13.1 Å². The number of hydrogen-bond acceptors (Lipinski definition) is 3. The summed E-state index contributed by atoms with van der Waals surface area (Å²) in [5.74, 6) is 0.0274. The van der Waals surface area contributed by atoms with Gasteiger partial charge in [-0.3, -0.25) is 4.79 Å². The molecule has 1 unspecified atom stereocenters. The predicted molar refractivity (Wildman–Crippen MR) is 71.4 cm³/mol. The summed E-state index contributed by atoms with van der Waals surface area (Å²) < 4.78 is 5.96. The Labute approximate surface area is 110 Å². The van der Waals surface area contributed by atoms with E-state index in [1.165, 1.54) is 19.3 Å². The minimum absolute atomic E-state index is 0.0133. The van der Waals surface area contributed by atoms with Gasteiger partial charge >= 0.3 is 0 Å². The molecule has 106 valence electrons. The van der Waals surface area contributed by atoms with Gasteiger partial charge in [-0.15, -0.1) is 0 Å². The fraction of sp³-hybridized carbons (Fsp3) is 0.929. The fourth-order valence-electron chi connectivity index (χ4n) is 2.51. The van der Waals surface area contributed by atoms with Gasteiger partial charge < -0.3 is 14.7 Å². The van der Waals surface area contributed by atoms with Crippen molar-refractivity contribution in [1.82, 2.24) is 4.90 Å². The zero-order chi connectivity index (χ0) is 13.4. The number of carbonyl (C=O) groups excluding carboxylic acids is 1. The summed E-state index contributed by atoms with van der Waals surface area (Å²) in [6.45, 7) is 4.96. The maximum absolute atomic E-state index is 12.3. The van der Waals surface area contributed by atoms with E-state index in [0.29, 0.717) is 19.5 Å². The van der Waals surface area contributed by atoms with Crippen LogP contribution in [0, 0.1) is 0 Å². The van der Waals surface area contributed by atoms with E-state index in [2.05, 4.69) is 0 Å². The smallest absolute Gasteiger partial charge is 0.251 e. The van der Waals surface area contributed by atoms with E-state index in [1.807, 2.05) is 13.8 Å². The number of aliphatic hydroxyl groups excluding tert-OH is 1. The summed E-state index contributed by atoms with van der Waals surface area (Å²) in [7, 11) is 0. The number of ether oxygens (including phenoxy) is 1. The third-order valence-corrected chi connectivity index (χ3v) is 3.62. The Morgan fingerprint density at radius 2 is 2.00 bits per heavy atom. The molecule has 1 rings (SSSR count). The minimum atomic E-state index is -0.334. The highest BCUT2D eigenvalue weighted by molar-refractivity contribution is 5.80. The third-order valence-electron chi connectivity index (χ3n) is 3.62. The lowest BCUT2D eigenvalue weighted by molar-refractivity contribution is -0.149. The number of nitrogens with zero attached hydrogens (tertiary/aromatic N) is 1. The highest BCUT2D eigenvalue weighted by atomic mass is 16.5. The van der Waals surface area contributed by atoms with E-state index >= 15 is 0 Å². The van der Waals surface area contributed by atoms with Crippen LogP contribution >= 0.6 is 0 Å². The van der Waals surface area contributed by atoms with E-state index in [1.54, 1.807) is 4.90 Å². The molecule has 0 aromatic heterocycles. The number of rotatable bonds is 7. The molecule has 4 nitrogen and oxygen atoms in total. The molecule has 0 saturated heterocycles. The Kier molecular flexibility index (Phi) is 7.28. The van der Waals surface area contributed by atoms with Gasteiger partial charge in [0.2, 0.25) is 0 Å². The van der Waals surface area contributed by atoms with Crippen molar-refractivity contribution in [3.8, 4) is 0 Å². The van der Waals surface area contributed by atoms with Crippen LogP contribution in [-0.2, 0) is 9.53 Å². The van der Waals surface area contributed by atoms with Gasteiger partial charge in [0.15, 0.2) is 0 Å². The van der Waals surface area contributed by atoms with E-state index < -0.39 is 0 Å². The minimum Gasteiger partial charge on any atom is -0.395 e. The fourth-order valence-corrected chi connectivity index (χ4v) is 2.51. The molecule has 0 bridgehead atoms. The molecule has 0 aromatic rings. The Bertz CT molecular complexity index is 239. The molecule has 0 radical (unpaired) electrons. The number of hydrogen-bond donors (Lipinski definition) is 1. The second-order valence-corrected chi connectivity index (χ2v) is 4.93. The Morgan fingerprint density at radius 3 is 2.50 bits per heavy atom. The van der Waals surface area contributed by atoms with Crippen LogP contribution in [0.3, 0.4) is 0 Å². The average molecular weight is 257 g/mol. The van der Waals surface area contributed by atoms with Crippen LogP contribution in [0.1, 0.15) is 52.4 Å². The Balaban J connectivity index is 2.49. The lowest BCUT2D eigenvalue weighted by Gasteiger charge is -2.30. The van der Waals surface area contributed by atoms with Crippen molar-refractivity contribution >= 4 is 5.91 Å². The van der Waals surface area contributed by atoms with Gasteiger partial charge in [0.05, 0.1) is 12.7 Å². The second kappa shape index (κ2) is 8.48. The van der Waals surface area contributed by atoms with Crippen molar-refractivity contribution in [3.05, 3.63) is 0 Å². The van der Waals surface area contributed by atoms with Crippen LogP contribution in [0.4, 0.5) is 0 Å². The zero-order valence-corrected chi connectivity index (χ0v) is 11.7. The number of aliphatic hydroxyl groups is 1. The summed E-state index contributed by atoms with van der Waals surface area (Å²) in [6.07, 6.45) is 6.49. The van der Waals surface area contributed by atoms with Gasteiger partial charge in [-0.05, 0) is 26.2 Å². The van der Waals surface area contributed by atoms with Crippen molar-refractivity contribution in [2.75, 3.05) is 19.7 Å². The second-order valence-electron chi connectivity index (χ2n) is 4.93. The first-order valence-electron chi connectivity index (χ1n) is 7.28. The van der Waals surface area contributed by atoms with Crippen molar-refractivity contribution in [3.63, 3.8) is 0 Å². The standard InChI is InChI=1S/C14H27NO3/c1-3-13(14(17)15(4-2)10-11-16)18-12-8-6-5-7-9-12/h12-13,16H,3-11H2,1-2H3. The molecule has 1 fully saturated rings. The molecule has 0 aliphatic heterocycles.